The van der Waals surface area contributed by atoms with Crippen molar-refractivity contribution in [3.63, 3.8) is 0 Å². The van der Waals surface area contributed by atoms with Crippen molar-refractivity contribution in [3.05, 3.63) is 60.7 Å². The summed E-state index contributed by atoms with van der Waals surface area (Å²) in [5, 5.41) is 0. The fourth-order valence-corrected chi connectivity index (χ4v) is 1.82. The molecule has 0 saturated heterocycles. The van der Waals surface area contributed by atoms with Gasteiger partial charge in [0.1, 0.15) is 5.82 Å². The monoisotopic (exact) mass is 240 g/mol. The summed E-state index contributed by atoms with van der Waals surface area (Å²) < 4.78 is 2.07. The van der Waals surface area contributed by atoms with Gasteiger partial charge in [0.15, 0.2) is 0 Å². The van der Waals surface area contributed by atoms with E-state index >= 15 is 0 Å². The van der Waals surface area contributed by atoms with E-state index in [2.05, 4.69) is 34.8 Å². The normalized spacial score (nSPS) is 9.28. The minimum Gasteiger partial charge on any atom is -0.297 e. The molecule has 0 N–H and O–H groups in total. The Morgan fingerprint density at radius 1 is 1.06 bits per heavy atom. The van der Waals surface area contributed by atoms with Gasteiger partial charge in [0.25, 0.3) is 0 Å². The van der Waals surface area contributed by atoms with Gasteiger partial charge in [-0.1, -0.05) is 45.2 Å². The Labute approximate surface area is 109 Å². The molecule has 0 aliphatic carbocycles. The van der Waals surface area contributed by atoms with Crippen LogP contribution < -0.4 is 0 Å². The minimum atomic E-state index is 0.872. The highest BCUT2D eigenvalue weighted by Crippen LogP contribution is 2.19. The second-order valence-electron chi connectivity index (χ2n) is 3.51. The van der Waals surface area contributed by atoms with Crippen molar-refractivity contribution in [3.8, 4) is 5.69 Å². The third-order valence-corrected chi connectivity index (χ3v) is 2.51. The number of benzene rings is 1. The third kappa shape index (κ3) is 2.59. The van der Waals surface area contributed by atoms with Crippen LogP contribution in [0.4, 0.5) is 0 Å². The van der Waals surface area contributed by atoms with E-state index < -0.39 is 0 Å². The smallest absolute Gasteiger partial charge is 0.111 e. The van der Waals surface area contributed by atoms with Gasteiger partial charge < -0.3 is 0 Å². The van der Waals surface area contributed by atoms with Crippen LogP contribution in [0.2, 0.25) is 0 Å². The number of nitrogens with zero attached hydrogens (tertiary/aromatic N) is 2. The molecule has 0 radical (unpaired) electrons. The highest BCUT2D eigenvalue weighted by molar-refractivity contribution is 5.61. The molecular weight excluding hydrogens is 220 g/mol. The van der Waals surface area contributed by atoms with Gasteiger partial charge in [-0.2, -0.15) is 0 Å². The first-order valence-corrected chi connectivity index (χ1v) is 6.17. The van der Waals surface area contributed by atoms with Crippen molar-refractivity contribution < 1.29 is 0 Å². The highest BCUT2D eigenvalue weighted by atomic mass is 15.1. The number of hydrogen-bond acceptors (Lipinski definition) is 1. The molecule has 2 rings (SSSR count). The van der Waals surface area contributed by atoms with Gasteiger partial charge in [0.2, 0.25) is 0 Å². The van der Waals surface area contributed by atoms with Gasteiger partial charge in [-0.15, -0.1) is 0 Å². The van der Waals surface area contributed by atoms with Crippen molar-refractivity contribution in [1.82, 2.24) is 9.55 Å². The molecule has 2 nitrogen and oxygen atoms in total. The number of aryl methyl sites for hydroxylation is 1. The largest absolute Gasteiger partial charge is 0.297 e. The Kier molecular flexibility index (Phi) is 5.12. The first-order chi connectivity index (χ1) is 8.77. The van der Waals surface area contributed by atoms with Crippen LogP contribution in [0.5, 0.6) is 0 Å². The number of imidazole rings is 1. The second kappa shape index (κ2) is 6.60. The van der Waals surface area contributed by atoms with E-state index in [-0.39, 0.29) is 0 Å². The predicted molar refractivity (Wildman–Crippen MR) is 79.8 cm³/mol. The number of aromatic nitrogens is 2. The van der Waals surface area contributed by atoms with Crippen molar-refractivity contribution in [1.29, 1.82) is 0 Å². The number of para-hydroxylation sites is 1. The van der Waals surface area contributed by atoms with Crippen LogP contribution in [0.15, 0.2) is 43.5 Å². The van der Waals surface area contributed by atoms with E-state index in [1.807, 2.05) is 45.0 Å². The molecular formula is C16H20N2. The zero-order valence-electron chi connectivity index (χ0n) is 11.4. The molecule has 1 heterocycles. The van der Waals surface area contributed by atoms with Gasteiger partial charge in [-0.05, 0) is 31.2 Å². The molecule has 0 aliphatic heterocycles. The quantitative estimate of drug-likeness (QED) is 0.772. The first-order valence-electron chi connectivity index (χ1n) is 6.17. The number of rotatable bonds is 3. The van der Waals surface area contributed by atoms with E-state index in [0.29, 0.717) is 0 Å². The topological polar surface area (TPSA) is 17.8 Å². The van der Waals surface area contributed by atoms with Gasteiger partial charge in [0.05, 0.1) is 11.4 Å². The number of hydrogen-bond donors (Lipinski definition) is 0. The lowest BCUT2D eigenvalue weighted by Gasteiger charge is -2.07. The summed E-state index contributed by atoms with van der Waals surface area (Å²) in [5.74, 6) is 0.941. The average Bonchev–Trinajstić information content (AvgIpc) is 2.77. The maximum atomic E-state index is 4.45. The van der Waals surface area contributed by atoms with Gasteiger partial charge in [-0.25, -0.2) is 4.98 Å². The maximum absolute atomic E-state index is 4.45. The highest BCUT2D eigenvalue weighted by Gasteiger charge is 2.10. The Morgan fingerprint density at radius 2 is 1.67 bits per heavy atom. The van der Waals surface area contributed by atoms with Crippen LogP contribution in [0, 0.1) is 6.92 Å². The summed E-state index contributed by atoms with van der Waals surface area (Å²) in [7, 11) is 0. The molecule has 2 aromatic rings. The molecule has 0 bridgehead atoms. The fraction of sp³-hybridized carbons (Fsp3) is 0.188. The average molecular weight is 240 g/mol. The van der Waals surface area contributed by atoms with E-state index in [0.717, 1.165) is 22.9 Å². The van der Waals surface area contributed by atoms with Gasteiger partial charge in [-0.3, -0.25) is 4.57 Å². The van der Waals surface area contributed by atoms with Crippen LogP contribution in [0.25, 0.3) is 17.8 Å². The molecule has 94 valence electrons. The maximum Gasteiger partial charge on any atom is 0.111 e. The van der Waals surface area contributed by atoms with Crippen LogP contribution in [0.1, 0.15) is 31.1 Å². The minimum absolute atomic E-state index is 0.872. The molecule has 0 unspecified atom stereocenters. The molecule has 0 aliphatic rings. The van der Waals surface area contributed by atoms with Crippen LogP contribution >= 0.6 is 0 Å². The van der Waals surface area contributed by atoms with Crippen LogP contribution in [0.3, 0.4) is 0 Å². The van der Waals surface area contributed by atoms with Crippen molar-refractivity contribution in [2.24, 2.45) is 0 Å². The Hall–Kier alpha value is -2.09. The van der Waals surface area contributed by atoms with E-state index in [4.69, 9.17) is 0 Å². The lowest BCUT2D eigenvalue weighted by Crippen LogP contribution is -1.98. The summed E-state index contributed by atoms with van der Waals surface area (Å²) in [6, 6.07) is 10.1. The van der Waals surface area contributed by atoms with Gasteiger partial charge in [0, 0.05) is 5.69 Å². The summed E-state index contributed by atoms with van der Waals surface area (Å²) in [5.41, 5.74) is 2.95. The molecule has 2 heteroatoms. The molecule has 1 aromatic heterocycles. The zero-order chi connectivity index (χ0) is 13.5. The molecule has 0 spiro atoms. The van der Waals surface area contributed by atoms with Crippen LogP contribution in [-0.2, 0) is 0 Å². The Morgan fingerprint density at radius 3 is 2.17 bits per heavy atom. The van der Waals surface area contributed by atoms with Crippen molar-refractivity contribution >= 4 is 12.2 Å². The Balaban J connectivity index is 0.000000771. The molecule has 18 heavy (non-hydrogen) atoms. The molecule has 1 aromatic carbocycles. The van der Waals surface area contributed by atoms with Crippen molar-refractivity contribution in [2.75, 3.05) is 0 Å². The summed E-state index contributed by atoms with van der Waals surface area (Å²) >= 11 is 0. The molecule has 0 atom stereocenters. The fourth-order valence-electron chi connectivity index (χ4n) is 1.82. The Bertz CT molecular complexity index is 522. The van der Waals surface area contributed by atoms with E-state index in [9.17, 15) is 0 Å². The molecule has 0 saturated carbocycles. The van der Waals surface area contributed by atoms with E-state index in [1.165, 1.54) is 0 Å². The second-order valence-corrected chi connectivity index (χ2v) is 3.51. The van der Waals surface area contributed by atoms with Gasteiger partial charge >= 0.3 is 0 Å². The predicted octanol–water partition coefficient (Wildman–Crippen LogP) is 4.49. The van der Waals surface area contributed by atoms with Crippen LogP contribution in [-0.4, -0.2) is 9.55 Å². The third-order valence-electron chi connectivity index (χ3n) is 2.51. The molecule has 0 fully saturated rings. The molecule has 0 amide bonds. The van der Waals surface area contributed by atoms with Crippen molar-refractivity contribution in [2.45, 2.75) is 20.8 Å². The summed E-state index contributed by atoms with van der Waals surface area (Å²) in [6.45, 7) is 13.6. The summed E-state index contributed by atoms with van der Waals surface area (Å²) in [4.78, 5) is 4.45. The van der Waals surface area contributed by atoms with E-state index in [1.54, 1.807) is 6.08 Å². The standard InChI is InChI=1S/C14H14N2.C2H6/c1-4-13-14(5-2)16(11(3)15-13)12-9-7-6-8-10-12;1-2/h4-10H,1-2H2,3H3;1-2H3. The lowest BCUT2D eigenvalue weighted by molar-refractivity contribution is 0.966. The SMILES string of the molecule is C=Cc1nc(C)n(-c2ccccc2)c1C=C.CC. The summed E-state index contributed by atoms with van der Waals surface area (Å²) in [6.07, 6.45) is 3.56. The first kappa shape index (κ1) is 14.0. The zero-order valence-corrected chi connectivity index (χ0v) is 11.4. The lowest BCUT2D eigenvalue weighted by atomic mass is 10.2.